The molecule has 0 unspecified atom stereocenters. The summed E-state index contributed by atoms with van der Waals surface area (Å²) in [5.74, 6) is 0.667. The average molecular weight is 478 g/mol. The molecule has 1 aromatic carbocycles. The van der Waals surface area contributed by atoms with E-state index >= 15 is 0 Å². The fourth-order valence-corrected chi connectivity index (χ4v) is 3.32. The maximum Gasteiger partial charge on any atom is 0.319 e. The summed E-state index contributed by atoms with van der Waals surface area (Å²) < 4.78 is 39.8. The predicted octanol–water partition coefficient (Wildman–Crippen LogP) is 3.72. The molecule has 0 bridgehead atoms. The second kappa shape index (κ2) is 10.7. The van der Waals surface area contributed by atoms with E-state index < -0.39 is 35.2 Å². The summed E-state index contributed by atoms with van der Waals surface area (Å²) in [6, 6.07) is 5.54. The van der Waals surface area contributed by atoms with Crippen molar-refractivity contribution in [1.82, 2.24) is 19.6 Å². The molecule has 13 heteroatoms. The van der Waals surface area contributed by atoms with Gasteiger partial charge in [0.05, 0.1) is 36.6 Å². The van der Waals surface area contributed by atoms with Gasteiger partial charge in [0, 0.05) is 6.20 Å². The van der Waals surface area contributed by atoms with Crippen molar-refractivity contribution in [2.75, 3.05) is 18.5 Å². The van der Waals surface area contributed by atoms with Gasteiger partial charge in [-0.3, -0.25) is 24.3 Å². The molecule has 182 valence electrons. The molecule has 2 heterocycles. The first-order valence-electron chi connectivity index (χ1n) is 10.4. The number of alkyl halides is 2. The number of halogens is 2. The smallest absolute Gasteiger partial charge is 0.319 e. The van der Waals surface area contributed by atoms with E-state index in [1.54, 1.807) is 10.9 Å². The molecule has 0 aliphatic carbocycles. The Balaban J connectivity index is 1.67. The maximum absolute atomic E-state index is 13.1. The Bertz CT molecular complexity index is 1180. The highest BCUT2D eigenvalue weighted by atomic mass is 19.3. The highest BCUT2D eigenvalue weighted by Gasteiger charge is 2.31. The van der Waals surface area contributed by atoms with E-state index in [1.165, 1.54) is 13.1 Å². The third kappa shape index (κ3) is 5.66. The molecule has 0 aliphatic rings. The molecule has 3 rings (SSSR count). The number of anilines is 1. The summed E-state index contributed by atoms with van der Waals surface area (Å²) in [4.78, 5) is 22.5. The van der Waals surface area contributed by atoms with Crippen molar-refractivity contribution < 1.29 is 28.0 Å². The molecule has 1 N–H and O–H groups in total. The molecule has 0 aliphatic heterocycles. The Morgan fingerprint density at radius 3 is 2.56 bits per heavy atom. The fourth-order valence-electron chi connectivity index (χ4n) is 3.32. The van der Waals surface area contributed by atoms with Gasteiger partial charge in [0.2, 0.25) is 11.6 Å². The fraction of sp³-hybridized carbons (Fsp3) is 0.381. The van der Waals surface area contributed by atoms with Gasteiger partial charge in [-0.1, -0.05) is 6.07 Å². The summed E-state index contributed by atoms with van der Waals surface area (Å²) in [6.07, 6.45) is -0.108. The zero-order valence-corrected chi connectivity index (χ0v) is 18.8. The van der Waals surface area contributed by atoms with Gasteiger partial charge in [0.15, 0.2) is 11.5 Å². The van der Waals surface area contributed by atoms with Gasteiger partial charge >= 0.3 is 5.69 Å². The van der Waals surface area contributed by atoms with Crippen LogP contribution in [-0.4, -0.2) is 43.6 Å². The third-order valence-corrected chi connectivity index (χ3v) is 4.75. The summed E-state index contributed by atoms with van der Waals surface area (Å²) in [5, 5.41) is 21.4. The summed E-state index contributed by atoms with van der Waals surface area (Å²) in [7, 11) is 0. The molecule has 0 saturated heterocycles. The first kappa shape index (κ1) is 24.6. The van der Waals surface area contributed by atoms with Crippen LogP contribution in [0.3, 0.4) is 0 Å². The molecule has 0 radical (unpaired) electrons. The summed E-state index contributed by atoms with van der Waals surface area (Å²) in [5.41, 5.74) is -0.629. The van der Waals surface area contributed by atoms with E-state index in [-0.39, 0.29) is 5.69 Å². The number of nitro groups is 1. The van der Waals surface area contributed by atoms with Crippen LogP contribution in [0.5, 0.6) is 11.5 Å². The molecule has 34 heavy (non-hydrogen) atoms. The van der Waals surface area contributed by atoms with Crippen LogP contribution in [0.15, 0.2) is 30.6 Å². The molecular weight excluding hydrogens is 454 g/mol. The minimum Gasteiger partial charge on any atom is -0.490 e. The monoisotopic (exact) mass is 478 g/mol. The van der Waals surface area contributed by atoms with Crippen LogP contribution >= 0.6 is 0 Å². The first-order chi connectivity index (χ1) is 16.2. The van der Waals surface area contributed by atoms with Crippen molar-refractivity contribution in [1.29, 1.82) is 0 Å². The van der Waals surface area contributed by atoms with Gasteiger partial charge in [-0.15, -0.1) is 0 Å². The molecule has 0 saturated carbocycles. The van der Waals surface area contributed by atoms with E-state index in [9.17, 15) is 23.7 Å². The van der Waals surface area contributed by atoms with Crippen molar-refractivity contribution >= 4 is 17.3 Å². The zero-order chi connectivity index (χ0) is 24.8. The zero-order valence-electron chi connectivity index (χ0n) is 18.8. The molecule has 11 nitrogen and oxygen atoms in total. The molecule has 2 aromatic heterocycles. The van der Waals surface area contributed by atoms with Crippen molar-refractivity contribution in [3.63, 3.8) is 0 Å². The lowest BCUT2D eigenvalue weighted by Gasteiger charge is -2.12. The van der Waals surface area contributed by atoms with E-state index in [0.29, 0.717) is 36.9 Å². The first-order valence-corrected chi connectivity index (χ1v) is 10.4. The predicted molar refractivity (Wildman–Crippen MR) is 117 cm³/mol. The van der Waals surface area contributed by atoms with Gasteiger partial charge in [-0.05, 0) is 38.5 Å². The highest BCUT2D eigenvalue weighted by Crippen LogP contribution is 2.31. The minimum absolute atomic E-state index is 0.133. The Labute approximate surface area is 193 Å². The number of nitrogens with one attached hydrogen (secondary N) is 1. The van der Waals surface area contributed by atoms with Crippen LogP contribution < -0.4 is 14.8 Å². The molecule has 0 spiro atoms. The quantitative estimate of drug-likeness (QED) is 0.329. The lowest BCUT2D eigenvalue weighted by Crippen LogP contribution is -2.20. The number of ether oxygens (including phenoxy) is 2. The molecule has 0 fully saturated rings. The molecule has 3 aromatic rings. The van der Waals surface area contributed by atoms with Gasteiger partial charge in [-0.25, -0.2) is 8.78 Å². The molecule has 0 atom stereocenters. The third-order valence-electron chi connectivity index (χ3n) is 4.75. The summed E-state index contributed by atoms with van der Waals surface area (Å²) >= 11 is 0. The van der Waals surface area contributed by atoms with Crippen LogP contribution in [0, 0.1) is 17.0 Å². The maximum atomic E-state index is 13.1. The Morgan fingerprint density at radius 1 is 1.24 bits per heavy atom. The Morgan fingerprint density at radius 2 is 1.94 bits per heavy atom. The number of amides is 1. The van der Waals surface area contributed by atoms with E-state index in [4.69, 9.17) is 9.47 Å². The van der Waals surface area contributed by atoms with Crippen LogP contribution in [0.4, 0.5) is 20.2 Å². The SMILES string of the molecule is CCOc1ccc(Cn2cc(NC(=O)Cn3nc(C(F)F)c([N+](=O)[O-])c3C)cn2)cc1OCC. The molecule has 1 amide bonds. The van der Waals surface area contributed by atoms with Gasteiger partial charge in [-0.2, -0.15) is 10.2 Å². The number of carbonyl (C=O) groups excluding carboxylic acids is 1. The lowest BCUT2D eigenvalue weighted by molar-refractivity contribution is -0.386. The van der Waals surface area contributed by atoms with Crippen molar-refractivity contribution in [2.24, 2.45) is 0 Å². The number of hydrogen-bond acceptors (Lipinski definition) is 7. The van der Waals surface area contributed by atoms with Crippen LogP contribution in [0.1, 0.15) is 37.2 Å². The second-order valence-electron chi connectivity index (χ2n) is 7.16. The van der Waals surface area contributed by atoms with Crippen molar-refractivity contribution in [3.8, 4) is 11.5 Å². The molecular formula is C21H24F2N6O5. The van der Waals surface area contributed by atoms with E-state index in [2.05, 4.69) is 15.5 Å². The average Bonchev–Trinajstić information content (AvgIpc) is 3.34. The van der Waals surface area contributed by atoms with Crippen LogP contribution in [-0.2, 0) is 17.9 Å². The number of aromatic nitrogens is 4. The normalized spacial score (nSPS) is 11.0. The second-order valence-corrected chi connectivity index (χ2v) is 7.16. The highest BCUT2D eigenvalue weighted by molar-refractivity contribution is 5.90. The van der Waals surface area contributed by atoms with Gasteiger partial charge < -0.3 is 14.8 Å². The number of nitrogens with zero attached hydrogens (tertiary/aromatic N) is 5. The van der Waals surface area contributed by atoms with Gasteiger partial charge in [0.1, 0.15) is 12.2 Å². The number of carbonyl (C=O) groups is 1. The number of hydrogen-bond donors (Lipinski definition) is 1. The van der Waals surface area contributed by atoms with Crippen LogP contribution in [0.2, 0.25) is 0 Å². The van der Waals surface area contributed by atoms with Crippen LogP contribution in [0.25, 0.3) is 0 Å². The topological polar surface area (TPSA) is 126 Å². The summed E-state index contributed by atoms with van der Waals surface area (Å²) in [6.45, 7) is 5.94. The van der Waals surface area contributed by atoms with E-state index in [1.807, 2.05) is 32.0 Å². The number of benzene rings is 1. The Hall–Kier alpha value is -4.03. The lowest BCUT2D eigenvalue weighted by atomic mass is 10.2. The standard InChI is InChI=1S/C21H24F2N6O5/c1-4-33-16-7-6-14(8-17(16)34-5-2)10-27-11-15(9-24-27)25-18(30)12-28-13(3)20(29(31)32)19(26-28)21(22)23/h6-9,11,21H,4-5,10,12H2,1-3H3,(H,25,30). The van der Waals surface area contributed by atoms with Crippen molar-refractivity contribution in [2.45, 2.75) is 40.3 Å². The van der Waals surface area contributed by atoms with Crippen molar-refractivity contribution in [3.05, 3.63) is 57.7 Å². The number of rotatable bonds is 11. The Kier molecular flexibility index (Phi) is 7.76. The van der Waals surface area contributed by atoms with Gasteiger partial charge in [0.25, 0.3) is 6.43 Å². The minimum atomic E-state index is -3.13. The largest absolute Gasteiger partial charge is 0.490 e. The van der Waals surface area contributed by atoms with E-state index in [0.717, 1.165) is 10.2 Å².